The highest BCUT2D eigenvalue weighted by Gasteiger charge is 2.26. The molecular formula is C22H35N. The van der Waals surface area contributed by atoms with E-state index < -0.39 is 0 Å². The predicted octanol–water partition coefficient (Wildman–Crippen LogP) is 6.26. The van der Waals surface area contributed by atoms with E-state index in [1.54, 1.807) is 11.1 Å². The molecule has 1 aliphatic carbocycles. The van der Waals surface area contributed by atoms with Gasteiger partial charge >= 0.3 is 0 Å². The van der Waals surface area contributed by atoms with Gasteiger partial charge in [-0.15, -0.1) is 0 Å². The quantitative estimate of drug-likeness (QED) is 0.552. The standard InChI is InChI=1S/C22H35N/c1-18(10-6-7-17-23)11-8-12-19(2)14-15-21-20(3)13-9-16-22(21,4)5/h6-7,10,12,14-15H,8-9,11,13,16-17,23H2,1-5H3/b7-6+,15-14+,18-10+,19-12+. The van der Waals surface area contributed by atoms with E-state index in [4.69, 9.17) is 5.73 Å². The van der Waals surface area contributed by atoms with Crippen LogP contribution in [0.4, 0.5) is 0 Å². The maximum absolute atomic E-state index is 5.44. The second-order valence-corrected chi connectivity index (χ2v) is 7.43. The predicted molar refractivity (Wildman–Crippen MR) is 104 cm³/mol. The van der Waals surface area contributed by atoms with E-state index in [9.17, 15) is 0 Å². The van der Waals surface area contributed by atoms with Crippen LogP contribution < -0.4 is 5.73 Å². The van der Waals surface area contributed by atoms with Crippen LogP contribution in [0.25, 0.3) is 0 Å². The van der Waals surface area contributed by atoms with Gasteiger partial charge in [-0.2, -0.15) is 0 Å². The fourth-order valence-corrected chi connectivity index (χ4v) is 3.21. The molecular weight excluding hydrogens is 278 g/mol. The van der Waals surface area contributed by atoms with E-state index in [2.05, 4.69) is 58.9 Å². The molecule has 0 saturated carbocycles. The molecule has 0 atom stereocenters. The van der Waals surface area contributed by atoms with Crippen LogP contribution in [0.2, 0.25) is 0 Å². The molecule has 0 amide bonds. The molecule has 0 aromatic heterocycles. The summed E-state index contributed by atoms with van der Waals surface area (Å²) in [6.07, 6.45) is 19.3. The summed E-state index contributed by atoms with van der Waals surface area (Å²) in [5.74, 6) is 0. The number of hydrogen-bond acceptors (Lipinski definition) is 1. The van der Waals surface area contributed by atoms with Gasteiger partial charge in [0.1, 0.15) is 0 Å². The van der Waals surface area contributed by atoms with Crippen molar-refractivity contribution in [3.05, 3.63) is 58.7 Å². The zero-order chi connectivity index (χ0) is 17.3. The maximum atomic E-state index is 5.44. The minimum atomic E-state index is 0.327. The Bertz CT molecular complexity index is 524. The molecule has 0 radical (unpaired) electrons. The van der Waals surface area contributed by atoms with Gasteiger partial charge in [-0.25, -0.2) is 0 Å². The Morgan fingerprint density at radius 2 is 2.00 bits per heavy atom. The van der Waals surface area contributed by atoms with E-state index in [-0.39, 0.29) is 0 Å². The smallest absolute Gasteiger partial charge is 0.0109 e. The monoisotopic (exact) mass is 313 g/mol. The molecule has 1 heteroatoms. The van der Waals surface area contributed by atoms with Crippen molar-refractivity contribution in [1.29, 1.82) is 0 Å². The molecule has 0 saturated heterocycles. The van der Waals surface area contributed by atoms with Gasteiger partial charge in [-0.1, -0.05) is 67.0 Å². The summed E-state index contributed by atoms with van der Waals surface area (Å²) in [7, 11) is 0. The maximum Gasteiger partial charge on any atom is 0.0109 e. The van der Waals surface area contributed by atoms with Crippen molar-refractivity contribution in [3.63, 3.8) is 0 Å². The summed E-state index contributed by atoms with van der Waals surface area (Å²) in [5.41, 5.74) is 11.6. The molecule has 0 fully saturated rings. The zero-order valence-electron chi connectivity index (χ0n) is 15.8. The molecule has 0 bridgehead atoms. The molecule has 0 spiro atoms. The van der Waals surface area contributed by atoms with E-state index in [1.165, 1.54) is 30.4 Å². The molecule has 128 valence electrons. The molecule has 23 heavy (non-hydrogen) atoms. The summed E-state index contributed by atoms with van der Waals surface area (Å²) in [5, 5.41) is 0. The van der Waals surface area contributed by atoms with E-state index >= 15 is 0 Å². The zero-order valence-corrected chi connectivity index (χ0v) is 15.8. The van der Waals surface area contributed by atoms with Crippen LogP contribution in [0.5, 0.6) is 0 Å². The Kier molecular flexibility index (Phi) is 8.33. The average molecular weight is 314 g/mol. The lowest BCUT2D eigenvalue weighted by molar-refractivity contribution is 0.377. The van der Waals surface area contributed by atoms with Crippen molar-refractivity contribution in [3.8, 4) is 0 Å². The lowest BCUT2D eigenvalue weighted by atomic mass is 9.72. The molecule has 1 nitrogen and oxygen atoms in total. The first kappa shape index (κ1) is 19.7. The van der Waals surface area contributed by atoms with Gasteiger partial charge in [0.25, 0.3) is 0 Å². The molecule has 0 aromatic carbocycles. The lowest BCUT2D eigenvalue weighted by Crippen LogP contribution is -2.19. The third-order valence-corrected chi connectivity index (χ3v) is 4.71. The van der Waals surface area contributed by atoms with E-state index in [1.807, 2.05) is 12.2 Å². The fraction of sp³-hybridized carbons (Fsp3) is 0.545. The van der Waals surface area contributed by atoms with E-state index in [0.29, 0.717) is 12.0 Å². The minimum Gasteiger partial charge on any atom is -0.327 e. The highest BCUT2D eigenvalue weighted by Crippen LogP contribution is 2.40. The summed E-state index contributed by atoms with van der Waals surface area (Å²) in [4.78, 5) is 0. The van der Waals surface area contributed by atoms with Gasteiger partial charge in [-0.05, 0) is 63.9 Å². The Hall–Kier alpha value is -1.34. The second kappa shape index (κ2) is 9.72. The second-order valence-electron chi connectivity index (χ2n) is 7.43. The van der Waals surface area contributed by atoms with Crippen LogP contribution >= 0.6 is 0 Å². The van der Waals surface area contributed by atoms with Crippen molar-refractivity contribution in [2.45, 2.75) is 66.7 Å². The molecule has 2 N–H and O–H groups in total. The van der Waals surface area contributed by atoms with Gasteiger partial charge < -0.3 is 5.73 Å². The van der Waals surface area contributed by atoms with Crippen LogP contribution in [0.3, 0.4) is 0 Å². The normalized spacial score (nSPS) is 20.1. The van der Waals surface area contributed by atoms with Crippen LogP contribution in [0.1, 0.15) is 66.7 Å². The van der Waals surface area contributed by atoms with Gasteiger partial charge in [0.2, 0.25) is 0 Å². The molecule has 0 unspecified atom stereocenters. The van der Waals surface area contributed by atoms with Crippen molar-refractivity contribution < 1.29 is 0 Å². The molecule has 1 rings (SSSR count). The van der Waals surface area contributed by atoms with Gasteiger partial charge in [0, 0.05) is 6.54 Å². The fourth-order valence-electron chi connectivity index (χ4n) is 3.21. The van der Waals surface area contributed by atoms with Crippen LogP contribution in [-0.4, -0.2) is 6.54 Å². The van der Waals surface area contributed by atoms with Gasteiger partial charge in [0.15, 0.2) is 0 Å². The van der Waals surface area contributed by atoms with Crippen LogP contribution in [0.15, 0.2) is 58.7 Å². The average Bonchev–Trinajstić information content (AvgIpc) is 2.46. The largest absolute Gasteiger partial charge is 0.327 e. The molecule has 0 aliphatic heterocycles. The SMILES string of the molecule is CC1=C(/C=C/C(C)=C/CC/C(C)=C/C=C/CN)C(C)(C)CCC1. The number of hydrogen-bond donors (Lipinski definition) is 1. The highest BCUT2D eigenvalue weighted by molar-refractivity contribution is 5.35. The summed E-state index contributed by atoms with van der Waals surface area (Å²) < 4.78 is 0. The highest BCUT2D eigenvalue weighted by atomic mass is 14.5. The van der Waals surface area contributed by atoms with E-state index in [0.717, 1.165) is 12.8 Å². The van der Waals surface area contributed by atoms with Crippen molar-refractivity contribution in [2.75, 3.05) is 6.54 Å². The van der Waals surface area contributed by atoms with Crippen molar-refractivity contribution >= 4 is 0 Å². The topological polar surface area (TPSA) is 26.0 Å². The summed E-state index contributed by atoms with van der Waals surface area (Å²) in [6, 6.07) is 0. The number of nitrogens with two attached hydrogens (primary N) is 1. The number of rotatable bonds is 7. The Morgan fingerprint density at radius 1 is 1.26 bits per heavy atom. The Balaban J connectivity index is 2.60. The minimum absolute atomic E-state index is 0.327. The Morgan fingerprint density at radius 3 is 2.65 bits per heavy atom. The number of allylic oxidation sites excluding steroid dienone is 9. The van der Waals surface area contributed by atoms with Crippen molar-refractivity contribution in [1.82, 2.24) is 0 Å². The third-order valence-electron chi connectivity index (χ3n) is 4.71. The first-order chi connectivity index (χ1) is 10.9. The first-order valence-corrected chi connectivity index (χ1v) is 8.94. The lowest BCUT2D eigenvalue weighted by Gasteiger charge is -2.32. The third kappa shape index (κ3) is 7.18. The first-order valence-electron chi connectivity index (χ1n) is 8.94. The van der Waals surface area contributed by atoms with Crippen LogP contribution in [0, 0.1) is 5.41 Å². The summed E-state index contributed by atoms with van der Waals surface area (Å²) in [6.45, 7) is 12.0. The molecule has 0 aromatic rings. The Labute approximate surface area is 143 Å². The molecule has 0 heterocycles. The van der Waals surface area contributed by atoms with Crippen molar-refractivity contribution in [2.24, 2.45) is 11.1 Å². The van der Waals surface area contributed by atoms with Gasteiger partial charge in [-0.3, -0.25) is 0 Å². The summed E-state index contributed by atoms with van der Waals surface area (Å²) >= 11 is 0. The van der Waals surface area contributed by atoms with Gasteiger partial charge in [0.05, 0.1) is 0 Å². The molecule has 1 aliphatic rings. The van der Waals surface area contributed by atoms with Crippen LogP contribution in [-0.2, 0) is 0 Å².